The van der Waals surface area contributed by atoms with E-state index in [0.29, 0.717) is 16.1 Å². The molecule has 1 aromatic carbocycles. The van der Waals surface area contributed by atoms with Crippen LogP contribution in [0.1, 0.15) is 65.0 Å². The van der Waals surface area contributed by atoms with Crippen LogP contribution in [0.5, 0.6) is 0 Å². The smallest absolute Gasteiger partial charge is 0.338 e. The van der Waals surface area contributed by atoms with Crippen molar-refractivity contribution in [1.29, 1.82) is 0 Å². The number of thiophene rings is 1. The summed E-state index contributed by atoms with van der Waals surface area (Å²) in [4.78, 5) is 36.9. The van der Waals surface area contributed by atoms with E-state index in [1.54, 1.807) is 30.3 Å². The van der Waals surface area contributed by atoms with Crippen LogP contribution in [0, 0.1) is 0 Å². The Kier molecular flexibility index (Phi) is 7.81. The van der Waals surface area contributed by atoms with Gasteiger partial charge in [-0.2, -0.15) is 0 Å². The highest BCUT2D eigenvalue weighted by Gasteiger charge is 2.16. The summed E-state index contributed by atoms with van der Waals surface area (Å²) in [5, 5.41) is 7.58. The van der Waals surface area contributed by atoms with Gasteiger partial charge in [0.25, 0.3) is 11.8 Å². The van der Waals surface area contributed by atoms with Crippen LogP contribution in [0.15, 0.2) is 41.8 Å². The van der Waals surface area contributed by atoms with Gasteiger partial charge in [0.1, 0.15) is 0 Å². The van der Waals surface area contributed by atoms with Gasteiger partial charge in [-0.3, -0.25) is 9.59 Å². The number of carbonyl (C=O) groups is 3. The molecule has 1 heterocycles. The first-order chi connectivity index (χ1) is 14.1. The molecule has 3 rings (SSSR count). The van der Waals surface area contributed by atoms with Gasteiger partial charge >= 0.3 is 5.97 Å². The van der Waals surface area contributed by atoms with Gasteiger partial charge in [-0.15, -0.1) is 11.3 Å². The minimum absolute atomic E-state index is 0.174. The Morgan fingerprint density at radius 3 is 2.31 bits per heavy atom. The number of esters is 1. The fourth-order valence-electron chi connectivity index (χ4n) is 3.37. The number of ether oxygens (including phenoxy) is 1. The fraction of sp³-hybridized carbons (Fsp3) is 0.409. The highest BCUT2D eigenvalue weighted by molar-refractivity contribution is 7.12. The summed E-state index contributed by atoms with van der Waals surface area (Å²) < 4.78 is 5.13. The molecule has 0 bridgehead atoms. The Hall–Kier alpha value is -2.67. The van der Waals surface area contributed by atoms with Crippen molar-refractivity contribution in [1.82, 2.24) is 5.32 Å². The summed E-state index contributed by atoms with van der Waals surface area (Å²) in [6, 6.07) is 10.1. The van der Waals surface area contributed by atoms with Crippen LogP contribution in [-0.2, 0) is 9.53 Å². The lowest BCUT2D eigenvalue weighted by Crippen LogP contribution is -2.38. The number of hydrogen-bond acceptors (Lipinski definition) is 5. The van der Waals surface area contributed by atoms with Gasteiger partial charge in [0.05, 0.1) is 10.4 Å². The van der Waals surface area contributed by atoms with Crippen LogP contribution in [0.4, 0.5) is 5.69 Å². The molecule has 2 amide bonds. The predicted molar refractivity (Wildman–Crippen MR) is 113 cm³/mol. The molecule has 0 aliphatic heterocycles. The molecule has 154 valence electrons. The van der Waals surface area contributed by atoms with Crippen molar-refractivity contribution in [3.8, 4) is 0 Å². The van der Waals surface area contributed by atoms with Crippen molar-refractivity contribution in [2.75, 3.05) is 11.9 Å². The van der Waals surface area contributed by atoms with Gasteiger partial charge < -0.3 is 15.4 Å². The van der Waals surface area contributed by atoms with Gasteiger partial charge in [-0.25, -0.2) is 4.79 Å². The summed E-state index contributed by atoms with van der Waals surface area (Å²) in [7, 11) is 0. The first-order valence-electron chi connectivity index (χ1n) is 10.0. The quantitative estimate of drug-likeness (QED) is 0.687. The van der Waals surface area contributed by atoms with Gasteiger partial charge in [-0.05, 0) is 48.6 Å². The summed E-state index contributed by atoms with van der Waals surface area (Å²) >= 11 is 1.36. The van der Waals surface area contributed by atoms with Crippen LogP contribution in [0.3, 0.4) is 0 Å². The van der Waals surface area contributed by atoms with E-state index in [1.165, 1.54) is 30.6 Å². The maximum absolute atomic E-state index is 12.2. The van der Waals surface area contributed by atoms with E-state index in [2.05, 4.69) is 10.6 Å². The molecule has 29 heavy (non-hydrogen) atoms. The third-order valence-corrected chi connectivity index (χ3v) is 5.80. The molecule has 6 nitrogen and oxygen atoms in total. The minimum atomic E-state index is -0.561. The molecule has 1 saturated carbocycles. The summed E-state index contributed by atoms with van der Waals surface area (Å²) in [6.45, 7) is -0.286. The van der Waals surface area contributed by atoms with E-state index in [1.807, 2.05) is 11.4 Å². The average Bonchev–Trinajstić information content (AvgIpc) is 3.24. The Morgan fingerprint density at radius 1 is 0.966 bits per heavy atom. The third kappa shape index (κ3) is 6.71. The van der Waals surface area contributed by atoms with Crippen molar-refractivity contribution in [2.24, 2.45) is 0 Å². The maximum Gasteiger partial charge on any atom is 0.338 e. The van der Waals surface area contributed by atoms with Crippen molar-refractivity contribution in [3.63, 3.8) is 0 Å². The van der Waals surface area contributed by atoms with Gasteiger partial charge in [0.2, 0.25) is 0 Å². The zero-order valence-corrected chi connectivity index (χ0v) is 17.1. The Labute approximate surface area is 174 Å². The number of nitrogens with one attached hydrogen (secondary N) is 2. The molecule has 2 aromatic rings. The van der Waals surface area contributed by atoms with Crippen molar-refractivity contribution in [3.05, 3.63) is 52.2 Å². The Morgan fingerprint density at radius 2 is 1.66 bits per heavy atom. The second kappa shape index (κ2) is 10.8. The summed E-state index contributed by atoms with van der Waals surface area (Å²) in [5.41, 5.74) is 0.917. The van der Waals surface area contributed by atoms with E-state index in [0.717, 1.165) is 25.7 Å². The molecule has 0 spiro atoms. The number of amides is 2. The van der Waals surface area contributed by atoms with Crippen molar-refractivity contribution in [2.45, 2.75) is 51.0 Å². The SMILES string of the molecule is O=C(COC(=O)c1ccc(NC(=O)c2cccs2)cc1)NC1CCCCCCC1. The molecule has 1 aliphatic rings. The minimum Gasteiger partial charge on any atom is -0.452 e. The topological polar surface area (TPSA) is 84.5 Å². The summed E-state index contributed by atoms with van der Waals surface area (Å²) in [6.07, 6.45) is 7.92. The average molecular weight is 415 g/mol. The molecular weight excluding hydrogens is 388 g/mol. The highest BCUT2D eigenvalue weighted by Crippen LogP contribution is 2.17. The second-order valence-electron chi connectivity index (χ2n) is 7.19. The van der Waals surface area contributed by atoms with E-state index in [9.17, 15) is 14.4 Å². The first-order valence-corrected chi connectivity index (χ1v) is 10.9. The fourth-order valence-corrected chi connectivity index (χ4v) is 3.99. The van der Waals surface area contributed by atoms with Gasteiger partial charge in [0, 0.05) is 11.7 Å². The lowest BCUT2D eigenvalue weighted by molar-refractivity contribution is -0.125. The molecule has 1 aliphatic carbocycles. The molecule has 1 aromatic heterocycles. The van der Waals surface area contributed by atoms with Crippen LogP contribution < -0.4 is 10.6 Å². The molecular formula is C22H26N2O4S. The Bertz CT molecular complexity index is 810. The second-order valence-corrected chi connectivity index (χ2v) is 8.14. The van der Waals surface area contributed by atoms with Crippen LogP contribution in [-0.4, -0.2) is 30.4 Å². The Balaban J connectivity index is 1.44. The zero-order valence-electron chi connectivity index (χ0n) is 16.3. The standard InChI is InChI=1S/C22H26N2O4S/c25-20(23-17-7-4-2-1-3-5-8-17)15-28-22(27)16-10-12-18(13-11-16)24-21(26)19-9-6-14-29-19/h6,9-14,17H,1-5,7-8,15H2,(H,23,25)(H,24,26). The predicted octanol–water partition coefficient (Wildman–Crippen LogP) is 4.39. The van der Waals surface area contributed by atoms with E-state index >= 15 is 0 Å². The van der Waals surface area contributed by atoms with Crippen LogP contribution in [0.2, 0.25) is 0 Å². The number of anilines is 1. The first kappa shape index (κ1) is 21.0. The largest absolute Gasteiger partial charge is 0.452 e. The van der Waals surface area contributed by atoms with E-state index < -0.39 is 5.97 Å². The number of carbonyl (C=O) groups excluding carboxylic acids is 3. The normalized spacial score (nSPS) is 15.0. The number of hydrogen-bond donors (Lipinski definition) is 2. The lowest BCUT2D eigenvalue weighted by atomic mass is 9.97. The molecule has 0 saturated heterocycles. The van der Waals surface area contributed by atoms with Crippen molar-refractivity contribution >= 4 is 34.8 Å². The molecule has 7 heteroatoms. The monoisotopic (exact) mass is 414 g/mol. The van der Waals surface area contributed by atoms with Gasteiger partial charge in [0.15, 0.2) is 6.61 Å². The molecule has 2 N–H and O–H groups in total. The summed E-state index contributed by atoms with van der Waals surface area (Å²) in [5.74, 6) is -1.01. The molecule has 0 atom stereocenters. The zero-order chi connectivity index (χ0) is 20.5. The van der Waals surface area contributed by atoms with Crippen molar-refractivity contribution < 1.29 is 19.1 Å². The molecule has 1 fully saturated rings. The molecule has 0 unspecified atom stereocenters. The number of rotatable bonds is 6. The number of benzene rings is 1. The maximum atomic E-state index is 12.2. The van der Waals surface area contributed by atoms with Crippen LogP contribution in [0.25, 0.3) is 0 Å². The third-order valence-electron chi connectivity index (χ3n) is 4.93. The van der Waals surface area contributed by atoms with Gasteiger partial charge in [-0.1, -0.05) is 38.2 Å². The lowest BCUT2D eigenvalue weighted by Gasteiger charge is -2.20. The highest BCUT2D eigenvalue weighted by atomic mass is 32.1. The van der Waals surface area contributed by atoms with E-state index in [-0.39, 0.29) is 24.5 Å². The molecule has 0 radical (unpaired) electrons. The van der Waals surface area contributed by atoms with Crippen LogP contribution >= 0.6 is 11.3 Å². The van der Waals surface area contributed by atoms with E-state index in [4.69, 9.17) is 4.74 Å².